The molecule has 0 radical (unpaired) electrons. The van der Waals surface area contributed by atoms with E-state index in [9.17, 15) is 0 Å². The summed E-state index contributed by atoms with van der Waals surface area (Å²) in [7, 11) is 0. The Hall–Kier alpha value is -0.340. The van der Waals surface area contributed by atoms with E-state index in [1.54, 1.807) is 0 Å². The molecular formula is C16H24BrN. The Bertz CT molecular complexity index is 371. The van der Waals surface area contributed by atoms with Crippen molar-refractivity contribution < 1.29 is 0 Å². The molecule has 1 N–H and O–H groups in total. The van der Waals surface area contributed by atoms with E-state index in [0.29, 0.717) is 5.92 Å². The molecule has 0 saturated heterocycles. The van der Waals surface area contributed by atoms with Gasteiger partial charge in [-0.2, -0.15) is 0 Å². The molecule has 1 atom stereocenters. The van der Waals surface area contributed by atoms with Gasteiger partial charge in [0.15, 0.2) is 0 Å². The lowest BCUT2D eigenvalue weighted by atomic mass is 9.73. The Morgan fingerprint density at radius 2 is 1.94 bits per heavy atom. The van der Waals surface area contributed by atoms with Crippen molar-refractivity contribution >= 4 is 15.9 Å². The Labute approximate surface area is 119 Å². The second-order valence-corrected chi connectivity index (χ2v) is 6.73. The zero-order chi connectivity index (χ0) is 13.0. The lowest BCUT2D eigenvalue weighted by molar-refractivity contribution is 0.253. The van der Waals surface area contributed by atoms with E-state index in [2.05, 4.69) is 59.4 Å². The van der Waals surface area contributed by atoms with Crippen molar-refractivity contribution in [3.05, 3.63) is 34.3 Å². The molecule has 1 saturated carbocycles. The zero-order valence-electron chi connectivity index (χ0n) is 11.5. The molecule has 2 rings (SSSR count). The molecule has 18 heavy (non-hydrogen) atoms. The highest BCUT2D eigenvalue weighted by molar-refractivity contribution is 9.10. The largest absolute Gasteiger partial charge is 0.316 e. The second-order valence-electron chi connectivity index (χ2n) is 5.87. The zero-order valence-corrected chi connectivity index (χ0v) is 13.0. The maximum Gasteiger partial charge on any atom is 0.0210 e. The Kier molecular flexibility index (Phi) is 5.25. The molecule has 0 amide bonds. The molecule has 0 bridgehead atoms. The van der Waals surface area contributed by atoms with E-state index >= 15 is 0 Å². The molecule has 1 aromatic rings. The van der Waals surface area contributed by atoms with Crippen molar-refractivity contribution in [2.45, 2.75) is 39.0 Å². The summed E-state index contributed by atoms with van der Waals surface area (Å²) in [5, 5.41) is 3.64. The SMILES string of the molecule is CC(C)CNCC(c1ccccc1Br)C1CCC1. The van der Waals surface area contributed by atoms with E-state index in [4.69, 9.17) is 0 Å². The van der Waals surface area contributed by atoms with Crippen LogP contribution in [0.4, 0.5) is 0 Å². The van der Waals surface area contributed by atoms with Crippen LogP contribution in [-0.2, 0) is 0 Å². The molecule has 1 aliphatic carbocycles. The third-order valence-electron chi connectivity index (χ3n) is 3.94. The molecule has 0 aromatic heterocycles. The predicted molar refractivity (Wildman–Crippen MR) is 81.9 cm³/mol. The van der Waals surface area contributed by atoms with Crippen LogP contribution in [0.2, 0.25) is 0 Å². The van der Waals surface area contributed by atoms with Gasteiger partial charge in [0.1, 0.15) is 0 Å². The number of hydrogen-bond donors (Lipinski definition) is 1. The van der Waals surface area contributed by atoms with Gasteiger partial charge in [0.2, 0.25) is 0 Å². The first-order valence-corrected chi connectivity index (χ1v) is 7.93. The van der Waals surface area contributed by atoms with Crippen molar-refractivity contribution in [3.63, 3.8) is 0 Å². The highest BCUT2D eigenvalue weighted by atomic mass is 79.9. The Balaban J connectivity index is 2.03. The Morgan fingerprint density at radius 1 is 1.22 bits per heavy atom. The molecule has 1 aliphatic rings. The van der Waals surface area contributed by atoms with Gasteiger partial charge < -0.3 is 5.32 Å². The van der Waals surface area contributed by atoms with Gasteiger partial charge in [-0.05, 0) is 42.9 Å². The predicted octanol–water partition coefficient (Wildman–Crippen LogP) is 4.58. The number of nitrogens with one attached hydrogen (secondary N) is 1. The highest BCUT2D eigenvalue weighted by Crippen LogP contribution is 2.41. The monoisotopic (exact) mass is 309 g/mol. The van der Waals surface area contributed by atoms with Crippen LogP contribution in [0.15, 0.2) is 28.7 Å². The minimum absolute atomic E-state index is 0.674. The van der Waals surface area contributed by atoms with E-state index in [0.717, 1.165) is 24.9 Å². The normalized spacial score (nSPS) is 17.8. The molecule has 0 aliphatic heterocycles. The summed E-state index contributed by atoms with van der Waals surface area (Å²) < 4.78 is 1.27. The summed E-state index contributed by atoms with van der Waals surface area (Å²) in [6, 6.07) is 8.72. The second kappa shape index (κ2) is 6.72. The number of rotatable bonds is 6. The van der Waals surface area contributed by atoms with Gasteiger partial charge in [-0.25, -0.2) is 0 Å². The van der Waals surface area contributed by atoms with Crippen LogP contribution in [0.1, 0.15) is 44.6 Å². The van der Waals surface area contributed by atoms with Crippen molar-refractivity contribution in [1.29, 1.82) is 0 Å². The lowest BCUT2D eigenvalue weighted by Crippen LogP contribution is -2.32. The van der Waals surface area contributed by atoms with Crippen LogP contribution >= 0.6 is 15.9 Å². The summed E-state index contributed by atoms with van der Waals surface area (Å²) in [6.45, 7) is 6.77. The van der Waals surface area contributed by atoms with Crippen molar-refractivity contribution in [1.82, 2.24) is 5.32 Å². The highest BCUT2D eigenvalue weighted by Gasteiger charge is 2.29. The number of benzene rings is 1. The summed E-state index contributed by atoms with van der Waals surface area (Å²) >= 11 is 3.71. The molecule has 1 unspecified atom stereocenters. The van der Waals surface area contributed by atoms with Crippen molar-refractivity contribution in [2.75, 3.05) is 13.1 Å². The fourth-order valence-corrected chi connectivity index (χ4v) is 3.25. The van der Waals surface area contributed by atoms with Gasteiger partial charge in [0, 0.05) is 16.9 Å². The molecule has 0 spiro atoms. The van der Waals surface area contributed by atoms with Crippen molar-refractivity contribution in [2.24, 2.45) is 11.8 Å². The van der Waals surface area contributed by atoms with Gasteiger partial charge in [0.25, 0.3) is 0 Å². The Morgan fingerprint density at radius 3 is 2.50 bits per heavy atom. The summed E-state index contributed by atoms with van der Waals surface area (Å²) in [6.07, 6.45) is 4.21. The lowest BCUT2D eigenvalue weighted by Gasteiger charge is -2.35. The fraction of sp³-hybridized carbons (Fsp3) is 0.625. The maximum atomic E-state index is 3.71. The third kappa shape index (κ3) is 3.58. The third-order valence-corrected chi connectivity index (χ3v) is 4.66. The average molecular weight is 310 g/mol. The van der Waals surface area contributed by atoms with Crippen LogP contribution in [0.3, 0.4) is 0 Å². The first-order chi connectivity index (χ1) is 8.68. The number of hydrogen-bond acceptors (Lipinski definition) is 1. The molecule has 1 fully saturated rings. The summed E-state index contributed by atoms with van der Waals surface area (Å²) in [5.41, 5.74) is 1.48. The van der Waals surface area contributed by atoms with E-state index < -0.39 is 0 Å². The first kappa shape index (κ1) is 14.1. The number of halogens is 1. The van der Waals surface area contributed by atoms with E-state index in [1.165, 1.54) is 29.3 Å². The van der Waals surface area contributed by atoms with Crippen LogP contribution in [0.5, 0.6) is 0 Å². The van der Waals surface area contributed by atoms with Gasteiger partial charge in [-0.1, -0.05) is 54.4 Å². The van der Waals surface area contributed by atoms with Gasteiger partial charge >= 0.3 is 0 Å². The van der Waals surface area contributed by atoms with Crippen LogP contribution in [-0.4, -0.2) is 13.1 Å². The maximum absolute atomic E-state index is 3.71. The topological polar surface area (TPSA) is 12.0 Å². The average Bonchev–Trinajstić information content (AvgIpc) is 2.25. The molecule has 100 valence electrons. The molecule has 1 nitrogen and oxygen atoms in total. The van der Waals surface area contributed by atoms with E-state index in [-0.39, 0.29) is 0 Å². The van der Waals surface area contributed by atoms with Crippen LogP contribution in [0.25, 0.3) is 0 Å². The molecule has 0 heterocycles. The summed E-state index contributed by atoms with van der Waals surface area (Å²) in [4.78, 5) is 0. The first-order valence-electron chi connectivity index (χ1n) is 7.13. The molecule has 2 heteroatoms. The quantitative estimate of drug-likeness (QED) is 0.811. The van der Waals surface area contributed by atoms with Gasteiger partial charge in [-0.15, -0.1) is 0 Å². The summed E-state index contributed by atoms with van der Waals surface area (Å²) in [5.74, 6) is 2.28. The minimum Gasteiger partial charge on any atom is -0.316 e. The van der Waals surface area contributed by atoms with E-state index in [1.807, 2.05) is 0 Å². The van der Waals surface area contributed by atoms with Crippen LogP contribution < -0.4 is 5.32 Å². The molecular weight excluding hydrogens is 286 g/mol. The minimum atomic E-state index is 0.674. The fourth-order valence-electron chi connectivity index (χ4n) is 2.68. The van der Waals surface area contributed by atoms with Crippen molar-refractivity contribution in [3.8, 4) is 0 Å². The van der Waals surface area contributed by atoms with Crippen LogP contribution in [0, 0.1) is 11.8 Å². The smallest absolute Gasteiger partial charge is 0.0210 e. The molecule has 1 aromatic carbocycles. The standard InChI is InChI=1S/C16H24BrN/c1-12(2)10-18-11-15(13-6-5-7-13)14-8-3-4-9-16(14)17/h3-4,8-9,12-13,15,18H,5-7,10-11H2,1-2H3. The van der Waals surface area contributed by atoms with Gasteiger partial charge in [-0.3, -0.25) is 0 Å². The van der Waals surface area contributed by atoms with Gasteiger partial charge in [0.05, 0.1) is 0 Å².